The van der Waals surface area contributed by atoms with Crippen molar-refractivity contribution in [2.75, 3.05) is 14.2 Å². The zero-order chi connectivity index (χ0) is 13.0. The molecule has 1 aromatic rings. The summed E-state index contributed by atoms with van der Waals surface area (Å²) in [6.45, 7) is 3.86. The Morgan fingerprint density at radius 1 is 1.35 bits per heavy atom. The van der Waals surface area contributed by atoms with Crippen LogP contribution in [0.1, 0.15) is 22.7 Å². The number of carbonyl (C=O) groups is 1. The maximum atomic E-state index is 11.6. The zero-order valence-electron chi connectivity index (χ0n) is 10.6. The van der Waals surface area contributed by atoms with Gasteiger partial charge in [-0.1, -0.05) is 12.1 Å². The predicted molar refractivity (Wildman–Crippen MR) is 66.6 cm³/mol. The van der Waals surface area contributed by atoms with Gasteiger partial charge in [-0.2, -0.15) is 0 Å². The van der Waals surface area contributed by atoms with Crippen molar-refractivity contribution in [1.29, 1.82) is 0 Å². The molecule has 0 saturated heterocycles. The van der Waals surface area contributed by atoms with Crippen LogP contribution in [0.4, 0.5) is 0 Å². The highest BCUT2D eigenvalue weighted by Crippen LogP contribution is 2.26. The van der Waals surface area contributed by atoms with Gasteiger partial charge in [-0.25, -0.2) is 5.43 Å². The van der Waals surface area contributed by atoms with Gasteiger partial charge < -0.3 is 10.5 Å². The maximum Gasteiger partial charge on any atom is 0.255 e. The Morgan fingerprint density at radius 3 is 2.29 bits per heavy atom. The normalized spacial score (nSPS) is 12.1. The van der Waals surface area contributed by atoms with Gasteiger partial charge in [0.15, 0.2) is 0 Å². The van der Waals surface area contributed by atoms with E-state index >= 15 is 0 Å². The van der Waals surface area contributed by atoms with Gasteiger partial charge in [0.2, 0.25) is 0 Å². The lowest BCUT2D eigenvalue weighted by atomic mass is 10.0. The van der Waals surface area contributed by atoms with E-state index in [4.69, 9.17) is 10.5 Å². The lowest BCUT2D eigenvalue weighted by molar-refractivity contribution is -0.123. The molecule has 0 spiro atoms. The molecule has 1 aromatic carbocycles. The highest BCUT2D eigenvalue weighted by molar-refractivity contribution is 5.82. The topological polar surface area (TPSA) is 76.4 Å². The number of methoxy groups -OCH3 is 1. The van der Waals surface area contributed by atoms with Crippen molar-refractivity contribution in [3.8, 4) is 5.75 Å². The van der Waals surface area contributed by atoms with Gasteiger partial charge >= 0.3 is 0 Å². The van der Waals surface area contributed by atoms with E-state index in [1.165, 1.54) is 0 Å². The molecule has 1 unspecified atom stereocenters. The average molecular weight is 237 g/mol. The Morgan fingerprint density at radius 2 is 1.88 bits per heavy atom. The van der Waals surface area contributed by atoms with Crippen LogP contribution in [0.5, 0.6) is 5.75 Å². The molecule has 0 saturated carbocycles. The largest absolute Gasteiger partial charge is 0.496 e. The van der Waals surface area contributed by atoms with Crippen LogP contribution in [0.25, 0.3) is 0 Å². The molecule has 4 N–H and O–H groups in total. The summed E-state index contributed by atoms with van der Waals surface area (Å²) in [6, 6.07) is 3.04. The Labute approximate surface area is 101 Å². The van der Waals surface area contributed by atoms with Crippen LogP contribution in [0, 0.1) is 13.8 Å². The molecular weight excluding hydrogens is 218 g/mol. The third-order valence-electron chi connectivity index (χ3n) is 2.58. The second-order valence-electron chi connectivity index (χ2n) is 3.90. The summed E-state index contributed by atoms with van der Waals surface area (Å²) in [5.41, 5.74) is 13.6. The number of rotatable bonds is 4. The number of hydrogen-bond acceptors (Lipinski definition) is 4. The summed E-state index contributed by atoms with van der Waals surface area (Å²) in [7, 11) is 3.25. The monoisotopic (exact) mass is 237 g/mol. The molecule has 94 valence electrons. The Hall–Kier alpha value is -1.59. The van der Waals surface area contributed by atoms with Crippen molar-refractivity contribution in [1.82, 2.24) is 10.9 Å². The number of nitrogens with one attached hydrogen (secondary N) is 2. The maximum absolute atomic E-state index is 11.6. The van der Waals surface area contributed by atoms with Crippen LogP contribution in [-0.2, 0) is 4.79 Å². The first-order valence-corrected chi connectivity index (χ1v) is 5.38. The van der Waals surface area contributed by atoms with E-state index in [9.17, 15) is 4.79 Å². The lowest BCUT2D eigenvalue weighted by Crippen LogP contribution is -2.40. The van der Waals surface area contributed by atoms with E-state index in [0.717, 1.165) is 22.4 Å². The number of aryl methyl sites for hydroxylation is 2. The van der Waals surface area contributed by atoms with E-state index in [1.54, 1.807) is 14.2 Å². The number of carbonyl (C=O) groups excluding carboxylic acids is 1. The van der Waals surface area contributed by atoms with E-state index in [1.807, 2.05) is 26.0 Å². The third-order valence-corrected chi connectivity index (χ3v) is 2.58. The van der Waals surface area contributed by atoms with Gasteiger partial charge in [0.1, 0.15) is 11.8 Å². The van der Waals surface area contributed by atoms with Gasteiger partial charge in [-0.15, -0.1) is 0 Å². The summed E-state index contributed by atoms with van der Waals surface area (Å²) >= 11 is 0. The van der Waals surface area contributed by atoms with Crippen molar-refractivity contribution < 1.29 is 9.53 Å². The number of nitrogens with two attached hydrogens (primary N) is 1. The van der Waals surface area contributed by atoms with E-state index < -0.39 is 6.04 Å². The number of ether oxygens (including phenoxy) is 1. The highest BCUT2D eigenvalue weighted by atomic mass is 16.5. The molecule has 1 rings (SSSR count). The van der Waals surface area contributed by atoms with Crippen LogP contribution in [0.15, 0.2) is 12.1 Å². The van der Waals surface area contributed by atoms with Crippen molar-refractivity contribution in [2.24, 2.45) is 5.73 Å². The molecule has 0 aliphatic rings. The van der Waals surface area contributed by atoms with Crippen LogP contribution in [0.2, 0.25) is 0 Å². The molecule has 0 radical (unpaired) electrons. The van der Waals surface area contributed by atoms with E-state index in [0.29, 0.717) is 0 Å². The first-order valence-electron chi connectivity index (χ1n) is 5.38. The van der Waals surface area contributed by atoms with Gasteiger partial charge in [0, 0.05) is 7.05 Å². The molecule has 0 aromatic heterocycles. The Bertz CT molecular complexity index is 395. The summed E-state index contributed by atoms with van der Waals surface area (Å²) < 4.78 is 5.26. The summed E-state index contributed by atoms with van der Waals surface area (Å²) in [4.78, 5) is 11.6. The second kappa shape index (κ2) is 5.65. The quantitative estimate of drug-likeness (QED) is 0.669. The number of hydrazine groups is 1. The number of hydrogen-bond donors (Lipinski definition) is 3. The molecule has 0 bridgehead atoms. The SMILES string of the molecule is CNNC(=O)C(N)c1cc(C)c(OC)c(C)c1. The minimum Gasteiger partial charge on any atom is -0.496 e. The molecule has 0 heterocycles. The first-order chi connectivity index (χ1) is 8.01. The molecule has 0 aliphatic heterocycles. The fraction of sp³-hybridized carbons (Fsp3) is 0.417. The number of amides is 1. The Kier molecular flexibility index (Phi) is 4.48. The second-order valence-corrected chi connectivity index (χ2v) is 3.90. The molecule has 5 heteroatoms. The van der Waals surface area contributed by atoms with Crippen LogP contribution in [-0.4, -0.2) is 20.1 Å². The molecule has 0 fully saturated rings. The van der Waals surface area contributed by atoms with Crippen LogP contribution in [0.3, 0.4) is 0 Å². The fourth-order valence-corrected chi connectivity index (χ4v) is 1.84. The van der Waals surface area contributed by atoms with Crippen LogP contribution < -0.4 is 21.3 Å². The summed E-state index contributed by atoms with van der Waals surface area (Å²) in [5.74, 6) is 0.562. The number of benzene rings is 1. The minimum atomic E-state index is -0.689. The van der Waals surface area contributed by atoms with Crippen molar-refractivity contribution in [3.63, 3.8) is 0 Å². The van der Waals surface area contributed by atoms with Crippen molar-refractivity contribution in [2.45, 2.75) is 19.9 Å². The molecule has 0 aliphatic carbocycles. The van der Waals surface area contributed by atoms with E-state index in [2.05, 4.69) is 10.9 Å². The Balaban J connectivity index is 3.04. The smallest absolute Gasteiger partial charge is 0.255 e. The van der Waals surface area contributed by atoms with Gasteiger partial charge in [-0.3, -0.25) is 10.2 Å². The zero-order valence-corrected chi connectivity index (χ0v) is 10.6. The molecular formula is C12H19N3O2. The molecule has 1 amide bonds. The van der Waals surface area contributed by atoms with Gasteiger partial charge in [0.25, 0.3) is 5.91 Å². The van der Waals surface area contributed by atoms with Crippen molar-refractivity contribution in [3.05, 3.63) is 28.8 Å². The van der Waals surface area contributed by atoms with Gasteiger partial charge in [0.05, 0.1) is 7.11 Å². The standard InChI is InChI=1S/C12H19N3O2/c1-7-5-9(6-8(2)11(7)17-4)10(13)12(16)15-14-3/h5-6,10,14H,13H2,1-4H3,(H,15,16). The van der Waals surface area contributed by atoms with Gasteiger partial charge in [-0.05, 0) is 30.5 Å². The molecule has 5 nitrogen and oxygen atoms in total. The van der Waals surface area contributed by atoms with Crippen molar-refractivity contribution >= 4 is 5.91 Å². The molecule has 17 heavy (non-hydrogen) atoms. The summed E-state index contributed by atoms with van der Waals surface area (Å²) in [6.07, 6.45) is 0. The minimum absolute atomic E-state index is 0.267. The van der Waals surface area contributed by atoms with E-state index in [-0.39, 0.29) is 5.91 Å². The molecule has 1 atom stereocenters. The first kappa shape index (κ1) is 13.5. The third kappa shape index (κ3) is 2.95. The summed E-state index contributed by atoms with van der Waals surface area (Å²) in [5, 5.41) is 0. The lowest BCUT2D eigenvalue weighted by Gasteiger charge is -2.15. The average Bonchev–Trinajstić information content (AvgIpc) is 2.27. The highest BCUT2D eigenvalue weighted by Gasteiger charge is 2.17. The predicted octanol–water partition coefficient (Wildman–Crippen LogP) is 0.562. The van der Waals surface area contributed by atoms with Crippen LogP contribution >= 0.6 is 0 Å². The fourth-order valence-electron chi connectivity index (χ4n) is 1.84.